The summed E-state index contributed by atoms with van der Waals surface area (Å²) in [7, 11) is 1.63. The molecule has 0 saturated carbocycles. The third kappa shape index (κ3) is 2.42. The number of carbonyl (C=O) groups is 1. The molecule has 0 atom stereocenters. The lowest BCUT2D eigenvalue weighted by molar-refractivity contribution is 0.0701. The van der Waals surface area contributed by atoms with Crippen molar-refractivity contribution < 1.29 is 14.6 Å². The van der Waals surface area contributed by atoms with Crippen LogP contribution in [0, 0.1) is 6.92 Å². The molecule has 0 amide bonds. The molecule has 0 saturated heterocycles. The number of aromatic carboxylic acids is 1. The van der Waals surface area contributed by atoms with E-state index >= 15 is 0 Å². The molecule has 0 aliphatic heterocycles. The van der Waals surface area contributed by atoms with Crippen LogP contribution >= 0.6 is 11.3 Å². The van der Waals surface area contributed by atoms with Gasteiger partial charge in [0.25, 0.3) is 0 Å². The van der Waals surface area contributed by atoms with Crippen molar-refractivity contribution >= 4 is 17.3 Å². The van der Waals surface area contributed by atoms with Crippen molar-refractivity contribution in [1.82, 2.24) is 4.98 Å². The Morgan fingerprint density at radius 3 is 2.78 bits per heavy atom. The highest BCUT2D eigenvalue weighted by Crippen LogP contribution is 2.30. The predicted octanol–water partition coefficient (Wildman–Crippen LogP) is 2.96. The molecule has 0 aliphatic carbocycles. The van der Waals surface area contributed by atoms with E-state index in [0.29, 0.717) is 12.3 Å². The first-order valence-electron chi connectivity index (χ1n) is 5.41. The minimum atomic E-state index is -0.930. The van der Waals surface area contributed by atoms with Crippen LogP contribution in [0.5, 0.6) is 0 Å². The summed E-state index contributed by atoms with van der Waals surface area (Å²) in [5, 5.41) is 9.76. The molecule has 2 aromatic rings. The number of ether oxygens (including phenoxy) is 1. The smallest absolute Gasteiger partial charge is 0.347 e. The summed E-state index contributed by atoms with van der Waals surface area (Å²) in [6.45, 7) is 2.19. The SMILES string of the molecule is COCc1ccccc1-c1nc(C)c(C(=O)O)s1. The van der Waals surface area contributed by atoms with E-state index in [9.17, 15) is 4.79 Å². The molecular formula is C13H13NO3S. The van der Waals surface area contributed by atoms with Crippen LogP contribution in [-0.4, -0.2) is 23.2 Å². The van der Waals surface area contributed by atoms with Crippen LogP contribution in [0.1, 0.15) is 20.9 Å². The molecule has 0 spiro atoms. The van der Waals surface area contributed by atoms with Gasteiger partial charge in [0.1, 0.15) is 9.88 Å². The van der Waals surface area contributed by atoms with Crippen LogP contribution in [-0.2, 0) is 11.3 Å². The zero-order valence-corrected chi connectivity index (χ0v) is 11.0. The van der Waals surface area contributed by atoms with Crippen molar-refractivity contribution in [2.75, 3.05) is 7.11 Å². The fourth-order valence-electron chi connectivity index (χ4n) is 1.72. The average molecular weight is 263 g/mol. The monoisotopic (exact) mass is 263 g/mol. The zero-order valence-electron chi connectivity index (χ0n) is 10.1. The first-order chi connectivity index (χ1) is 8.63. The topological polar surface area (TPSA) is 59.4 Å². The van der Waals surface area contributed by atoms with Gasteiger partial charge in [0.15, 0.2) is 0 Å². The number of rotatable bonds is 4. The molecule has 2 rings (SSSR count). The second-order valence-electron chi connectivity index (χ2n) is 3.83. The number of carboxylic acid groups (broad SMARTS) is 1. The number of nitrogens with zero attached hydrogens (tertiary/aromatic N) is 1. The zero-order chi connectivity index (χ0) is 13.1. The van der Waals surface area contributed by atoms with Crippen molar-refractivity contribution in [3.05, 3.63) is 40.4 Å². The van der Waals surface area contributed by atoms with Crippen molar-refractivity contribution in [3.63, 3.8) is 0 Å². The summed E-state index contributed by atoms with van der Waals surface area (Å²) in [6.07, 6.45) is 0. The van der Waals surface area contributed by atoms with Crippen molar-refractivity contribution in [3.8, 4) is 10.6 Å². The van der Waals surface area contributed by atoms with Gasteiger partial charge in [0, 0.05) is 12.7 Å². The lowest BCUT2D eigenvalue weighted by Gasteiger charge is -2.05. The highest BCUT2D eigenvalue weighted by atomic mass is 32.1. The number of aromatic nitrogens is 1. The molecule has 1 N–H and O–H groups in total. The molecular weight excluding hydrogens is 250 g/mol. The largest absolute Gasteiger partial charge is 0.477 e. The van der Waals surface area contributed by atoms with E-state index in [0.717, 1.165) is 16.1 Å². The predicted molar refractivity (Wildman–Crippen MR) is 70.0 cm³/mol. The molecule has 1 aromatic carbocycles. The van der Waals surface area contributed by atoms with Gasteiger partial charge in [-0.2, -0.15) is 0 Å². The van der Waals surface area contributed by atoms with Crippen LogP contribution in [0.15, 0.2) is 24.3 Å². The van der Waals surface area contributed by atoms with E-state index < -0.39 is 5.97 Å². The van der Waals surface area contributed by atoms with Gasteiger partial charge in [-0.25, -0.2) is 9.78 Å². The quantitative estimate of drug-likeness (QED) is 0.921. The van der Waals surface area contributed by atoms with Crippen LogP contribution < -0.4 is 0 Å². The van der Waals surface area contributed by atoms with Crippen molar-refractivity contribution in [2.24, 2.45) is 0 Å². The summed E-state index contributed by atoms with van der Waals surface area (Å²) >= 11 is 1.19. The number of hydrogen-bond donors (Lipinski definition) is 1. The minimum Gasteiger partial charge on any atom is -0.477 e. The summed E-state index contributed by atoms with van der Waals surface area (Å²) in [5.74, 6) is -0.930. The molecule has 0 radical (unpaired) electrons. The minimum absolute atomic E-state index is 0.289. The first kappa shape index (κ1) is 12.7. The van der Waals surface area contributed by atoms with E-state index in [4.69, 9.17) is 9.84 Å². The fourth-order valence-corrected chi connectivity index (χ4v) is 2.69. The van der Waals surface area contributed by atoms with Crippen molar-refractivity contribution in [2.45, 2.75) is 13.5 Å². The van der Waals surface area contributed by atoms with Gasteiger partial charge in [-0.3, -0.25) is 0 Å². The summed E-state index contributed by atoms with van der Waals surface area (Å²) in [4.78, 5) is 15.6. The number of aryl methyl sites for hydroxylation is 1. The van der Waals surface area contributed by atoms with Gasteiger partial charge >= 0.3 is 5.97 Å². The second-order valence-corrected chi connectivity index (χ2v) is 4.83. The standard InChI is InChI=1S/C13H13NO3S/c1-8-11(13(15)16)18-12(14-8)10-6-4-3-5-9(10)7-17-2/h3-6H,7H2,1-2H3,(H,15,16). The number of benzene rings is 1. The van der Waals surface area contributed by atoms with E-state index in [2.05, 4.69) is 4.98 Å². The van der Waals surface area contributed by atoms with Crippen LogP contribution in [0.4, 0.5) is 0 Å². The van der Waals surface area contributed by atoms with Gasteiger partial charge in [-0.1, -0.05) is 24.3 Å². The maximum absolute atomic E-state index is 11.0. The van der Waals surface area contributed by atoms with Gasteiger partial charge in [0.2, 0.25) is 0 Å². The Morgan fingerprint density at radius 1 is 1.44 bits per heavy atom. The fraction of sp³-hybridized carbons (Fsp3) is 0.231. The highest BCUT2D eigenvalue weighted by Gasteiger charge is 2.16. The molecule has 94 valence electrons. The lowest BCUT2D eigenvalue weighted by atomic mass is 10.1. The second kappa shape index (κ2) is 5.29. The van der Waals surface area contributed by atoms with Gasteiger partial charge in [0.05, 0.1) is 12.3 Å². The Labute approximate surface area is 109 Å². The van der Waals surface area contributed by atoms with E-state index in [1.165, 1.54) is 11.3 Å². The van der Waals surface area contributed by atoms with E-state index in [1.807, 2.05) is 24.3 Å². The summed E-state index contributed by atoms with van der Waals surface area (Å²) in [5.41, 5.74) is 2.49. The maximum Gasteiger partial charge on any atom is 0.347 e. The number of methoxy groups -OCH3 is 1. The molecule has 0 fully saturated rings. The third-order valence-electron chi connectivity index (χ3n) is 2.54. The Kier molecular flexibility index (Phi) is 3.74. The molecule has 0 bridgehead atoms. The third-order valence-corrected chi connectivity index (χ3v) is 3.72. The van der Waals surface area contributed by atoms with E-state index in [-0.39, 0.29) is 4.88 Å². The van der Waals surface area contributed by atoms with Crippen LogP contribution in [0.25, 0.3) is 10.6 Å². The average Bonchev–Trinajstić information content (AvgIpc) is 2.72. The highest BCUT2D eigenvalue weighted by molar-refractivity contribution is 7.17. The Balaban J connectivity index is 2.48. The van der Waals surface area contributed by atoms with Crippen LogP contribution in [0.2, 0.25) is 0 Å². The maximum atomic E-state index is 11.0. The molecule has 5 heteroatoms. The molecule has 0 aliphatic rings. The summed E-state index contributed by atoms with van der Waals surface area (Å²) < 4.78 is 5.14. The van der Waals surface area contributed by atoms with Crippen LogP contribution in [0.3, 0.4) is 0 Å². The normalized spacial score (nSPS) is 10.6. The Morgan fingerprint density at radius 2 is 2.17 bits per heavy atom. The van der Waals surface area contributed by atoms with E-state index in [1.54, 1.807) is 14.0 Å². The van der Waals surface area contributed by atoms with Gasteiger partial charge < -0.3 is 9.84 Å². The van der Waals surface area contributed by atoms with Gasteiger partial charge in [-0.15, -0.1) is 11.3 Å². The first-order valence-corrected chi connectivity index (χ1v) is 6.23. The summed E-state index contributed by atoms with van der Waals surface area (Å²) in [6, 6.07) is 7.72. The molecule has 1 heterocycles. The molecule has 1 aromatic heterocycles. The van der Waals surface area contributed by atoms with Crippen molar-refractivity contribution in [1.29, 1.82) is 0 Å². The number of hydrogen-bond acceptors (Lipinski definition) is 4. The Hall–Kier alpha value is -1.72. The van der Waals surface area contributed by atoms with Gasteiger partial charge in [-0.05, 0) is 12.5 Å². The molecule has 4 nitrogen and oxygen atoms in total. The number of carboxylic acids is 1. The lowest BCUT2D eigenvalue weighted by Crippen LogP contribution is -1.94. The number of thiazole rings is 1. The Bertz CT molecular complexity index is 577. The molecule has 18 heavy (non-hydrogen) atoms. The molecule has 0 unspecified atom stereocenters.